The zero-order chi connectivity index (χ0) is 15.9. The fourth-order valence-corrected chi connectivity index (χ4v) is 1.76. The van der Waals surface area contributed by atoms with Crippen molar-refractivity contribution < 1.29 is 14.3 Å². The fraction of sp³-hybridized carbons (Fsp3) is 0.200. The van der Waals surface area contributed by atoms with E-state index in [-0.39, 0.29) is 11.5 Å². The summed E-state index contributed by atoms with van der Waals surface area (Å²) in [6.07, 6.45) is 2.09. The van der Waals surface area contributed by atoms with E-state index >= 15 is 0 Å². The first-order valence-corrected chi connectivity index (χ1v) is 6.75. The number of para-hydroxylation sites is 1. The summed E-state index contributed by atoms with van der Waals surface area (Å²) < 4.78 is 5.17. The Morgan fingerprint density at radius 3 is 2.55 bits per heavy atom. The molecule has 0 bridgehead atoms. The van der Waals surface area contributed by atoms with Crippen LogP contribution < -0.4 is 11.1 Å². The molecule has 1 aromatic carbocycles. The monoisotopic (exact) mass is 300 g/mol. The summed E-state index contributed by atoms with van der Waals surface area (Å²) in [6, 6.07) is 8.91. The molecule has 1 atom stereocenters. The normalized spacial score (nSPS) is 11.5. The molecule has 0 aliphatic carbocycles. The zero-order valence-corrected chi connectivity index (χ0v) is 12.0. The lowest BCUT2D eigenvalue weighted by molar-refractivity contribution is -0.124. The molecule has 0 aliphatic heterocycles. The molecule has 22 heavy (non-hydrogen) atoms. The topological polar surface area (TPSA) is 107 Å². The number of anilines is 2. The van der Waals surface area contributed by atoms with Gasteiger partial charge < -0.3 is 15.8 Å². The molecule has 3 N–H and O–H groups in total. The molecule has 0 fully saturated rings. The highest BCUT2D eigenvalue weighted by molar-refractivity contribution is 5.98. The Balaban J connectivity index is 2.04. The largest absolute Gasteiger partial charge is 0.447 e. The number of hydrogen-bond donors (Lipinski definition) is 2. The minimum atomic E-state index is -0.936. The minimum Gasteiger partial charge on any atom is -0.447 e. The lowest BCUT2D eigenvalue weighted by Crippen LogP contribution is -2.32. The van der Waals surface area contributed by atoms with Crippen molar-refractivity contribution in [1.82, 2.24) is 9.97 Å². The lowest BCUT2D eigenvalue weighted by Gasteiger charge is -2.16. The van der Waals surface area contributed by atoms with Crippen LogP contribution in [0.25, 0.3) is 0 Å². The van der Waals surface area contributed by atoms with Crippen LogP contribution in [0, 0.1) is 0 Å². The molecule has 0 aliphatic rings. The first-order chi connectivity index (χ1) is 10.6. The number of nitrogens with one attached hydrogen (secondary N) is 1. The van der Waals surface area contributed by atoms with E-state index in [1.165, 1.54) is 12.4 Å². The summed E-state index contributed by atoms with van der Waals surface area (Å²) in [4.78, 5) is 31.7. The van der Waals surface area contributed by atoms with Crippen molar-refractivity contribution in [1.29, 1.82) is 0 Å². The summed E-state index contributed by atoms with van der Waals surface area (Å²) in [5.74, 6) is -1.23. The van der Waals surface area contributed by atoms with Crippen molar-refractivity contribution in [3.05, 3.63) is 48.4 Å². The van der Waals surface area contributed by atoms with Crippen LogP contribution in [0.3, 0.4) is 0 Å². The molecule has 114 valence electrons. The number of carbonyl (C=O) groups is 2. The third kappa shape index (κ3) is 3.78. The van der Waals surface area contributed by atoms with Crippen LogP contribution in [0.5, 0.6) is 0 Å². The SMILES string of the molecule is CC[C@@H](OC(=O)c1nccnc1N)C(=O)Nc1ccccc1. The number of esters is 1. The number of carbonyl (C=O) groups excluding carboxylic acids is 2. The van der Waals surface area contributed by atoms with Gasteiger partial charge in [-0.05, 0) is 18.6 Å². The van der Waals surface area contributed by atoms with Crippen LogP contribution >= 0.6 is 0 Å². The van der Waals surface area contributed by atoms with Gasteiger partial charge in [-0.1, -0.05) is 25.1 Å². The van der Waals surface area contributed by atoms with Crippen molar-refractivity contribution in [2.24, 2.45) is 0 Å². The first-order valence-electron chi connectivity index (χ1n) is 6.75. The number of benzene rings is 1. The maximum Gasteiger partial charge on any atom is 0.361 e. The molecule has 2 aromatic rings. The van der Waals surface area contributed by atoms with E-state index in [0.29, 0.717) is 12.1 Å². The Morgan fingerprint density at radius 1 is 1.23 bits per heavy atom. The Kier molecular flexibility index (Phi) is 5.02. The van der Waals surface area contributed by atoms with E-state index in [0.717, 1.165) is 0 Å². The van der Waals surface area contributed by atoms with Crippen LogP contribution in [0.2, 0.25) is 0 Å². The summed E-state index contributed by atoms with van der Waals surface area (Å²) in [6.45, 7) is 1.74. The van der Waals surface area contributed by atoms with Gasteiger partial charge in [-0.15, -0.1) is 0 Å². The minimum absolute atomic E-state index is 0.0363. The summed E-state index contributed by atoms with van der Waals surface area (Å²) in [5, 5.41) is 2.68. The van der Waals surface area contributed by atoms with Crippen molar-refractivity contribution in [2.75, 3.05) is 11.1 Å². The zero-order valence-electron chi connectivity index (χ0n) is 12.0. The third-order valence-electron chi connectivity index (χ3n) is 2.87. The van der Waals surface area contributed by atoms with Gasteiger partial charge in [0.15, 0.2) is 17.6 Å². The summed E-state index contributed by atoms with van der Waals surface area (Å²) in [5.41, 5.74) is 6.09. The second kappa shape index (κ2) is 7.16. The molecule has 1 amide bonds. The lowest BCUT2D eigenvalue weighted by atomic mass is 10.2. The van der Waals surface area contributed by atoms with Crippen LogP contribution in [0.15, 0.2) is 42.7 Å². The number of nitrogen functional groups attached to an aromatic ring is 1. The van der Waals surface area contributed by atoms with Gasteiger partial charge in [0.1, 0.15) is 0 Å². The number of aromatic nitrogens is 2. The van der Waals surface area contributed by atoms with Crippen molar-refractivity contribution in [2.45, 2.75) is 19.4 Å². The Bertz CT molecular complexity index is 661. The maximum atomic E-state index is 12.1. The molecule has 0 unspecified atom stereocenters. The van der Waals surface area contributed by atoms with Gasteiger partial charge in [-0.25, -0.2) is 14.8 Å². The molecule has 2 rings (SSSR count). The van der Waals surface area contributed by atoms with Gasteiger partial charge in [0.05, 0.1) is 0 Å². The third-order valence-corrected chi connectivity index (χ3v) is 2.87. The molecule has 1 heterocycles. The van der Waals surface area contributed by atoms with Gasteiger partial charge in [0.2, 0.25) is 0 Å². The van der Waals surface area contributed by atoms with Crippen molar-refractivity contribution in [3.63, 3.8) is 0 Å². The smallest absolute Gasteiger partial charge is 0.361 e. The average molecular weight is 300 g/mol. The Labute approximate surface area is 127 Å². The number of hydrogen-bond acceptors (Lipinski definition) is 6. The first kappa shape index (κ1) is 15.4. The van der Waals surface area contributed by atoms with E-state index in [2.05, 4.69) is 15.3 Å². The Hall–Kier alpha value is -2.96. The number of nitrogens with zero attached hydrogens (tertiary/aromatic N) is 2. The molecule has 7 heteroatoms. The van der Waals surface area contributed by atoms with E-state index in [1.54, 1.807) is 31.2 Å². The molecule has 0 saturated heterocycles. The van der Waals surface area contributed by atoms with E-state index in [9.17, 15) is 9.59 Å². The molecular formula is C15H16N4O3. The number of ether oxygens (including phenoxy) is 1. The molecule has 0 radical (unpaired) electrons. The highest BCUT2D eigenvalue weighted by atomic mass is 16.5. The van der Waals surface area contributed by atoms with Crippen LogP contribution in [-0.2, 0) is 9.53 Å². The van der Waals surface area contributed by atoms with E-state index < -0.39 is 18.0 Å². The fourth-order valence-electron chi connectivity index (χ4n) is 1.76. The van der Waals surface area contributed by atoms with Gasteiger partial charge in [0, 0.05) is 18.1 Å². The van der Waals surface area contributed by atoms with E-state index in [1.807, 2.05) is 6.07 Å². The van der Waals surface area contributed by atoms with Crippen LogP contribution in [-0.4, -0.2) is 27.9 Å². The average Bonchev–Trinajstić information content (AvgIpc) is 2.53. The quantitative estimate of drug-likeness (QED) is 0.813. The summed E-state index contributed by atoms with van der Waals surface area (Å²) in [7, 11) is 0. The van der Waals surface area contributed by atoms with Crippen molar-refractivity contribution >= 4 is 23.4 Å². The molecular weight excluding hydrogens is 284 g/mol. The van der Waals surface area contributed by atoms with Gasteiger partial charge in [-0.2, -0.15) is 0 Å². The van der Waals surface area contributed by atoms with Gasteiger partial charge in [0.25, 0.3) is 5.91 Å². The Morgan fingerprint density at radius 2 is 1.91 bits per heavy atom. The van der Waals surface area contributed by atoms with Gasteiger partial charge >= 0.3 is 5.97 Å². The number of rotatable bonds is 5. The molecule has 7 nitrogen and oxygen atoms in total. The standard InChI is InChI=1S/C15H16N4O3/c1-2-11(14(20)19-10-6-4-3-5-7-10)22-15(21)12-13(16)18-9-8-17-12/h3-9,11H,2H2,1H3,(H2,16,18)(H,19,20)/t11-/m1/s1. The maximum absolute atomic E-state index is 12.1. The van der Waals surface area contributed by atoms with Crippen molar-refractivity contribution in [3.8, 4) is 0 Å². The predicted octanol–water partition coefficient (Wildman–Crippen LogP) is 1.63. The second-order valence-corrected chi connectivity index (χ2v) is 4.45. The molecule has 0 saturated carbocycles. The highest BCUT2D eigenvalue weighted by Gasteiger charge is 2.24. The van der Waals surface area contributed by atoms with Crippen LogP contribution in [0.1, 0.15) is 23.8 Å². The predicted molar refractivity (Wildman–Crippen MR) is 81.0 cm³/mol. The van der Waals surface area contributed by atoms with Gasteiger partial charge in [-0.3, -0.25) is 4.79 Å². The van der Waals surface area contributed by atoms with Crippen LogP contribution in [0.4, 0.5) is 11.5 Å². The van der Waals surface area contributed by atoms with E-state index in [4.69, 9.17) is 10.5 Å². The second-order valence-electron chi connectivity index (χ2n) is 4.45. The summed E-state index contributed by atoms with van der Waals surface area (Å²) >= 11 is 0. The number of nitrogens with two attached hydrogens (primary N) is 1. The molecule has 1 aromatic heterocycles. The molecule has 0 spiro atoms. The number of amides is 1. The highest BCUT2D eigenvalue weighted by Crippen LogP contribution is 2.11.